The molecule has 1 N–H and O–H groups in total. The van der Waals surface area contributed by atoms with E-state index >= 15 is 0 Å². The molecule has 0 aliphatic heterocycles. The first-order valence-electron chi connectivity index (χ1n) is 5.80. The molecule has 1 amide bonds. The Labute approximate surface area is 123 Å². The van der Waals surface area contributed by atoms with E-state index < -0.39 is 0 Å². The summed E-state index contributed by atoms with van der Waals surface area (Å²) in [4.78, 5) is 12.2. The van der Waals surface area contributed by atoms with Gasteiger partial charge in [0.15, 0.2) is 0 Å². The van der Waals surface area contributed by atoms with E-state index in [2.05, 4.69) is 34.2 Å². The lowest BCUT2D eigenvalue weighted by atomic mass is 10.3. The molecule has 2 heterocycles. The van der Waals surface area contributed by atoms with Crippen molar-refractivity contribution in [3.05, 3.63) is 39.4 Å². The zero-order valence-electron chi connectivity index (χ0n) is 10.3. The first-order valence-corrected chi connectivity index (χ1v) is 7.47. The summed E-state index contributed by atoms with van der Waals surface area (Å²) >= 11 is 4.72. The number of amides is 1. The Kier molecular flexibility index (Phi) is 4.40. The van der Waals surface area contributed by atoms with Crippen LogP contribution in [0.1, 0.15) is 29.4 Å². The van der Waals surface area contributed by atoms with Gasteiger partial charge in [0.1, 0.15) is 16.8 Å². The van der Waals surface area contributed by atoms with Crippen molar-refractivity contribution in [2.45, 2.75) is 19.9 Å². The normalized spacial score (nSPS) is 10.2. The maximum absolute atomic E-state index is 12.2. The summed E-state index contributed by atoms with van der Waals surface area (Å²) in [6.45, 7) is 2.84. The van der Waals surface area contributed by atoms with Crippen LogP contribution in [0.3, 0.4) is 0 Å². The van der Waals surface area contributed by atoms with Crippen LogP contribution in [0.25, 0.3) is 0 Å². The van der Waals surface area contributed by atoms with Crippen molar-refractivity contribution in [3.63, 3.8) is 0 Å². The number of hydrogen-bond acceptors (Lipinski definition) is 3. The monoisotopic (exact) mass is 337 g/mol. The highest BCUT2D eigenvalue weighted by Crippen LogP contribution is 2.24. The van der Waals surface area contributed by atoms with Crippen molar-refractivity contribution < 1.29 is 4.79 Å². The molecular formula is C13H12BrN3OS. The Bertz CT molecular complexity index is 639. The van der Waals surface area contributed by atoms with Gasteiger partial charge >= 0.3 is 0 Å². The maximum atomic E-state index is 12.2. The molecule has 98 valence electrons. The number of carbonyl (C=O) groups is 1. The molecule has 0 atom stereocenters. The van der Waals surface area contributed by atoms with Crippen LogP contribution >= 0.6 is 27.3 Å². The van der Waals surface area contributed by atoms with Crippen LogP contribution in [0.2, 0.25) is 0 Å². The molecule has 0 aliphatic rings. The van der Waals surface area contributed by atoms with Crippen molar-refractivity contribution in [1.29, 1.82) is 5.26 Å². The molecule has 2 rings (SSSR count). The zero-order chi connectivity index (χ0) is 13.8. The molecule has 0 bridgehead atoms. The maximum Gasteiger partial charge on any atom is 0.272 e. The third-order valence-corrected chi connectivity index (χ3v) is 3.84. The van der Waals surface area contributed by atoms with E-state index in [0.29, 0.717) is 16.3 Å². The first-order chi connectivity index (χ1) is 9.15. The predicted molar refractivity (Wildman–Crippen MR) is 79.4 cm³/mol. The van der Waals surface area contributed by atoms with Crippen LogP contribution in [0.4, 0.5) is 5.00 Å². The van der Waals surface area contributed by atoms with Gasteiger partial charge in [-0.05, 0) is 39.9 Å². The number of nitrogens with zero attached hydrogens (tertiary/aromatic N) is 2. The van der Waals surface area contributed by atoms with Gasteiger partial charge in [0, 0.05) is 17.2 Å². The Hall–Kier alpha value is -1.58. The molecule has 0 aromatic carbocycles. The number of aryl methyl sites for hydroxylation is 1. The fourth-order valence-corrected chi connectivity index (χ4v) is 2.95. The van der Waals surface area contributed by atoms with Crippen LogP contribution in [-0.4, -0.2) is 10.5 Å². The van der Waals surface area contributed by atoms with Crippen molar-refractivity contribution in [2.75, 3.05) is 5.32 Å². The van der Waals surface area contributed by atoms with E-state index in [-0.39, 0.29) is 5.91 Å². The quantitative estimate of drug-likeness (QED) is 0.921. The molecular weight excluding hydrogens is 326 g/mol. The minimum absolute atomic E-state index is 0.196. The van der Waals surface area contributed by atoms with Crippen molar-refractivity contribution >= 4 is 38.2 Å². The van der Waals surface area contributed by atoms with Crippen molar-refractivity contribution in [2.24, 2.45) is 0 Å². The van der Waals surface area contributed by atoms with E-state index in [0.717, 1.165) is 17.4 Å². The van der Waals surface area contributed by atoms with E-state index in [1.165, 1.54) is 11.3 Å². The summed E-state index contributed by atoms with van der Waals surface area (Å²) in [5, 5.41) is 14.1. The van der Waals surface area contributed by atoms with E-state index in [1.807, 2.05) is 10.8 Å². The smallest absolute Gasteiger partial charge is 0.272 e. The number of aromatic nitrogens is 1. The summed E-state index contributed by atoms with van der Waals surface area (Å²) < 4.78 is 2.77. The fourth-order valence-electron chi connectivity index (χ4n) is 1.75. The highest BCUT2D eigenvalue weighted by Gasteiger charge is 2.15. The molecule has 0 fully saturated rings. The van der Waals surface area contributed by atoms with Gasteiger partial charge in [-0.1, -0.05) is 6.92 Å². The molecule has 6 heteroatoms. The molecule has 0 unspecified atom stereocenters. The fraction of sp³-hybridized carbons (Fsp3) is 0.231. The molecule has 2 aromatic heterocycles. The lowest BCUT2D eigenvalue weighted by Crippen LogP contribution is -2.16. The Morgan fingerprint density at radius 1 is 1.63 bits per heavy atom. The summed E-state index contributed by atoms with van der Waals surface area (Å²) in [6.07, 6.45) is 2.84. The number of carbonyl (C=O) groups excluding carboxylic acids is 1. The van der Waals surface area contributed by atoms with Gasteiger partial charge in [-0.3, -0.25) is 4.79 Å². The average Bonchev–Trinajstić information content (AvgIpc) is 2.96. The SMILES string of the molecule is CCCn1cc(Br)cc1C(=O)Nc1sccc1C#N. The van der Waals surface area contributed by atoms with E-state index in [1.54, 1.807) is 17.5 Å². The van der Waals surface area contributed by atoms with E-state index in [4.69, 9.17) is 5.26 Å². The second-order valence-electron chi connectivity index (χ2n) is 3.97. The molecule has 0 saturated heterocycles. The predicted octanol–water partition coefficient (Wildman–Crippen LogP) is 3.85. The number of halogens is 1. The van der Waals surface area contributed by atoms with Crippen LogP contribution in [0.15, 0.2) is 28.2 Å². The van der Waals surface area contributed by atoms with Gasteiger partial charge in [-0.2, -0.15) is 5.26 Å². The standard InChI is InChI=1S/C13H12BrN3OS/c1-2-4-17-8-10(14)6-11(17)12(18)16-13-9(7-15)3-5-19-13/h3,5-6,8H,2,4H2,1H3,(H,16,18). The van der Waals surface area contributed by atoms with Gasteiger partial charge in [-0.25, -0.2) is 0 Å². The van der Waals surface area contributed by atoms with Crippen molar-refractivity contribution in [3.8, 4) is 6.07 Å². The average molecular weight is 338 g/mol. The Morgan fingerprint density at radius 2 is 2.42 bits per heavy atom. The van der Waals surface area contributed by atoms with Crippen LogP contribution < -0.4 is 5.32 Å². The van der Waals surface area contributed by atoms with Crippen LogP contribution in [-0.2, 0) is 6.54 Å². The van der Waals surface area contributed by atoms with Gasteiger partial charge in [0.25, 0.3) is 5.91 Å². The number of anilines is 1. The molecule has 0 radical (unpaired) electrons. The molecule has 0 aliphatic carbocycles. The first kappa shape index (κ1) is 13.8. The number of nitriles is 1. The van der Waals surface area contributed by atoms with Gasteiger partial charge in [-0.15, -0.1) is 11.3 Å². The largest absolute Gasteiger partial charge is 0.342 e. The minimum atomic E-state index is -0.196. The molecule has 0 spiro atoms. The van der Waals surface area contributed by atoms with Crippen LogP contribution in [0.5, 0.6) is 0 Å². The van der Waals surface area contributed by atoms with E-state index in [9.17, 15) is 4.79 Å². The summed E-state index contributed by atoms with van der Waals surface area (Å²) in [5.41, 5.74) is 1.08. The summed E-state index contributed by atoms with van der Waals surface area (Å²) in [6, 6.07) is 5.54. The molecule has 19 heavy (non-hydrogen) atoms. The lowest BCUT2D eigenvalue weighted by Gasteiger charge is -2.07. The second kappa shape index (κ2) is 6.04. The third kappa shape index (κ3) is 3.06. The van der Waals surface area contributed by atoms with Gasteiger partial charge in [0.05, 0.1) is 5.56 Å². The third-order valence-electron chi connectivity index (χ3n) is 2.57. The van der Waals surface area contributed by atoms with Gasteiger partial charge in [0.2, 0.25) is 0 Å². The lowest BCUT2D eigenvalue weighted by molar-refractivity contribution is 0.101. The van der Waals surface area contributed by atoms with Gasteiger partial charge < -0.3 is 9.88 Å². The topological polar surface area (TPSA) is 57.8 Å². The Balaban J connectivity index is 2.23. The summed E-state index contributed by atoms with van der Waals surface area (Å²) in [5.74, 6) is -0.196. The Morgan fingerprint density at radius 3 is 3.11 bits per heavy atom. The van der Waals surface area contributed by atoms with Crippen molar-refractivity contribution in [1.82, 2.24) is 4.57 Å². The molecule has 4 nitrogen and oxygen atoms in total. The summed E-state index contributed by atoms with van der Waals surface area (Å²) in [7, 11) is 0. The number of nitrogens with one attached hydrogen (secondary N) is 1. The zero-order valence-corrected chi connectivity index (χ0v) is 12.7. The number of thiophene rings is 1. The second-order valence-corrected chi connectivity index (χ2v) is 5.80. The molecule has 2 aromatic rings. The highest BCUT2D eigenvalue weighted by molar-refractivity contribution is 9.10. The minimum Gasteiger partial charge on any atom is -0.342 e. The number of hydrogen-bond donors (Lipinski definition) is 1. The highest BCUT2D eigenvalue weighted by atomic mass is 79.9. The number of rotatable bonds is 4. The molecule has 0 saturated carbocycles. The van der Waals surface area contributed by atoms with Crippen LogP contribution in [0, 0.1) is 11.3 Å².